The fourth-order valence-electron chi connectivity index (χ4n) is 1.54. The fourth-order valence-corrected chi connectivity index (χ4v) is 1.91. The van der Waals surface area contributed by atoms with Crippen molar-refractivity contribution in [3.63, 3.8) is 0 Å². The molecule has 0 aliphatic heterocycles. The number of alkyl halides is 3. The summed E-state index contributed by atoms with van der Waals surface area (Å²) in [5.41, 5.74) is -1.15. The van der Waals surface area contributed by atoms with E-state index < -0.39 is 16.7 Å². The molecule has 0 aliphatic rings. The molecule has 1 aromatic carbocycles. The number of benzene rings is 1. The molecule has 116 valence electrons. The third kappa shape index (κ3) is 3.58. The minimum absolute atomic E-state index is 0.0999. The number of aromatic nitrogens is 1. The Labute approximate surface area is 131 Å². The molecule has 0 saturated carbocycles. The molecule has 0 unspecified atom stereocenters. The Bertz CT molecular complexity index is 738. The van der Waals surface area contributed by atoms with E-state index in [2.05, 4.69) is 10.3 Å². The average Bonchev–Trinajstić information content (AvgIpc) is 2.41. The van der Waals surface area contributed by atoms with Gasteiger partial charge in [-0.3, -0.25) is 10.1 Å². The summed E-state index contributed by atoms with van der Waals surface area (Å²) in [4.78, 5) is 13.6. The van der Waals surface area contributed by atoms with Crippen molar-refractivity contribution in [2.45, 2.75) is 6.18 Å². The van der Waals surface area contributed by atoms with E-state index in [0.717, 1.165) is 6.07 Å². The smallest absolute Gasteiger partial charge is 0.338 e. The minimum Gasteiger partial charge on any atom is -0.338 e. The van der Waals surface area contributed by atoms with Gasteiger partial charge in [0, 0.05) is 18.3 Å². The van der Waals surface area contributed by atoms with Gasteiger partial charge in [-0.15, -0.1) is 0 Å². The van der Waals surface area contributed by atoms with Crippen molar-refractivity contribution < 1.29 is 18.1 Å². The molecule has 0 saturated heterocycles. The topological polar surface area (TPSA) is 68.1 Å². The zero-order valence-electron chi connectivity index (χ0n) is 10.5. The highest BCUT2D eigenvalue weighted by atomic mass is 35.5. The summed E-state index contributed by atoms with van der Waals surface area (Å²) in [7, 11) is 0. The van der Waals surface area contributed by atoms with Gasteiger partial charge in [0.2, 0.25) is 0 Å². The molecule has 2 rings (SSSR count). The third-order valence-electron chi connectivity index (χ3n) is 2.58. The van der Waals surface area contributed by atoms with Gasteiger partial charge in [0.15, 0.2) is 0 Å². The second-order valence-corrected chi connectivity index (χ2v) is 4.91. The lowest BCUT2D eigenvalue weighted by atomic mass is 10.2. The Morgan fingerprint density at radius 3 is 2.41 bits per heavy atom. The predicted molar refractivity (Wildman–Crippen MR) is 75.6 cm³/mol. The summed E-state index contributed by atoms with van der Waals surface area (Å²) in [6.45, 7) is 0. The number of non-ortho nitro benzene ring substituents is 1. The van der Waals surface area contributed by atoms with Crippen LogP contribution in [0.3, 0.4) is 0 Å². The molecule has 1 N–H and O–H groups in total. The summed E-state index contributed by atoms with van der Waals surface area (Å²) >= 11 is 11.6. The second-order valence-electron chi connectivity index (χ2n) is 4.10. The molecule has 5 nitrogen and oxygen atoms in total. The molecule has 1 heterocycles. The van der Waals surface area contributed by atoms with E-state index in [1.54, 1.807) is 0 Å². The molecule has 0 bridgehead atoms. The van der Waals surface area contributed by atoms with E-state index in [9.17, 15) is 23.3 Å². The van der Waals surface area contributed by atoms with Gasteiger partial charge in [-0.05, 0) is 12.1 Å². The summed E-state index contributed by atoms with van der Waals surface area (Å²) in [6, 6.07) is 4.29. The van der Waals surface area contributed by atoms with Crippen LogP contribution in [-0.4, -0.2) is 9.91 Å². The summed E-state index contributed by atoms with van der Waals surface area (Å²) in [6.07, 6.45) is -3.97. The molecule has 2 aromatic rings. The Morgan fingerprint density at radius 1 is 1.18 bits per heavy atom. The number of halogens is 5. The minimum atomic E-state index is -4.57. The van der Waals surface area contributed by atoms with Crippen molar-refractivity contribution >= 4 is 40.4 Å². The molecule has 0 fully saturated rings. The lowest BCUT2D eigenvalue weighted by Gasteiger charge is -2.11. The quantitative estimate of drug-likeness (QED) is 0.619. The number of rotatable bonds is 3. The Balaban J connectivity index is 2.35. The van der Waals surface area contributed by atoms with Gasteiger partial charge in [0.1, 0.15) is 5.82 Å². The molecular formula is C12H6Cl2F3N3O2. The van der Waals surface area contributed by atoms with E-state index >= 15 is 0 Å². The molecular weight excluding hydrogens is 346 g/mol. The number of nitro benzene ring substituents is 1. The van der Waals surface area contributed by atoms with Gasteiger partial charge < -0.3 is 5.32 Å². The van der Waals surface area contributed by atoms with Crippen molar-refractivity contribution in [3.8, 4) is 0 Å². The number of hydrogen-bond acceptors (Lipinski definition) is 4. The third-order valence-corrected chi connectivity index (χ3v) is 3.20. The summed E-state index contributed by atoms with van der Waals surface area (Å²) < 4.78 is 37.6. The lowest BCUT2D eigenvalue weighted by molar-refractivity contribution is -0.384. The van der Waals surface area contributed by atoms with Crippen LogP contribution in [0.1, 0.15) is 5.56 Å². The first-order valence-electron chi connectivity index (χ1n) is 5.62. The number of pyridine rings is 1. The first-order chi connectivity index (χ1) is 10.2. The lowest BCUT2D eigenvalue weighted by Crippen LogP contribution is -2.06. The highest BCUT2D eigenvalue weighted by molar-refractivity contribution is 6.34. The highest BCUT2D eigenvalue weighted by Crippen LogP contribution is 2.35. The molecule has 0 radical (unpaired) electrons. The molecule has 0 spiro atoms. The molecule has 0 aliphatic carbocycles. The van der Waals surface area contributed by atoms with Crippen LogP contribution in [0.4, 0.5) is 30.4 Å². The number of nitrogens with one attached hydrogen (secondary N) is 1. The van der Waals surface area contributed by atoms with Crippen LogP contribution in [0.5, 0.6) is 0 Å². The van der Waals surface area contributed by atoms with Crippen molar-refractivity contribution in [2.24, 2.45) is 0 Å². The number of anilines is 2. The normalized spacial score (nSPS) is 11.3. The van der Waals surface area contributed by atoms with Crippen LogP contribution in [-0.2, 0) is 6.18 Å². The van der Waals surface area contributed by atoms with Gasteiger partial charge >= 0.3 is 6.18 Å². The molecule has 0 atom stereocenters. The molecule has 0 amide bonds. The Morgan fingerprint density at radius 2 is 1.86 bits per heavy atom. The van der Waals surface area contributed by atoms with Crippen molar-refractivity contribution in [3.05, 3.63) is 56.2 Å². The predicted octanol–water partition coefficient (Wildman–Crippen LogP) is 5.06. The van der Waals surface area contributed by atoms with E-state index in [0.29, 0.717) is 12.3 Å². The number of hydrogen-bond donors (Lipinski definition) is 1. The van der Waals surface area contributed by atoms with Gasteiger partial charge in [0.25, 0.3) is 5.69 Å². The first-order valence-corrected chi connectivity index (χ1v) is 6.38. The van der Waals surface area contributed by atoms with Gasteiger partial charge in [-0.2, -0.15) is 13.2 Å². The van der Waals surface area contributed by atoms with E-state index in [-0.39, 0.29) is 27.2 Å². The van der Waals surface area contributed by atoms with Gasteiger partial charge in [-0.25, -0.2) is 4.98 Å². The molecule has 10 heteroatoms. The first kappa shape index (κ1) is 16.3. The van der Waals surface area contributed by atoms with Crippen molar-refractivity contribution in [1.82, 2.24) is 4.98 Å². The SMILES string of the molecule is O=[N+]([O-])c1ccc(Cl)c(Nc2ncc(C(F)(F)F)cc2Cl)c1. The van der Waals surface area contributed by atoms with Crippen molar-refractivity contribution in [2.75, 3.05) is 5.32 Å². The maximum Gasteiger partial charge on any atom is 0.417 e. The summed E-state index contributed by atoms with van der Waals surface area (Å²) in [5, 5.41) is 13.1. The maximum atomic E-state index is 12.5. The van der Waals surface area contributed by atoms with Crippen LogP contribution in [0.25, 0.3) is 0 Å². The average molecular weight is 352 g/mol. The molecule has 22 heavy (non-hydrogen) atoms. The largest absolute Gasteiger partial charge is 0.417 e. The van der Waals surface area contributed by atoms with E-state index in [4.69, 9.17) is 23.2 Å². The highest BCUT2D eigenvalue weighted by Gasteiger charge is 2.31. The van der Waals surface area contributed by atoms with Crippen LogP contribution < -0.4 is 5.32 Å². The second kappa shape index (κ2) is 5.98. The van der Waals surface area contributed by atoms with E-state index in [1.807, 2.05) is 0 Å². The zero-order chi connectivity index (χ0) is 16.5. The standard InChI is InChI=1S/C12H6Cl2F3N3O2/c13-8-2-1-7(20(21)22)4-10(8)19-11-9(14)3-6(5-18-11)12(15,16)17/h1-5H,(H,18,19). The van der Waals surface area contributed by atoms with Gasteiger partial charge in [0.05, 0.1) is 26.2 Å². The van der Waals surface area contributed by atoms with Gasteiger partial charge in [-0.1, -0.05) is 23.2 Å². The van der Waals surface area contributed by atoms with Crippen LogP contribution in [0.15, 0.2) is 30.5 Å². The van der Waals surface area contributed by atoms with E-state index in [1.165, 1.54) is 12.1 Å². The Kier molecular flexibility index (Phi) is 4.43. The fraction of sp³-hybridized carbons (Fsp3) is 0.0833. The summed E-state index contributed by atoms with van der Waals surface area (Å²) in [5.74, 6) is -0.0999. The van der Waals surface area contributed by atoms with Crippen molar-refractivity contribution in [1.29, 1.82) is 0 Å². The number of nitrogens with zero attached hydrogens (tertiary/aromatic N) is 2. The monoisotopic (exact) mass is 351 g/mol. The zero-order valence-corrected chi connectivity index (χ0v) is 12.0. The number of nitro groups is 1. The van der Waals surface area contributed by atoms with Crippen LogP contribution in [0, 0.1) is 10.1 Å². The maximum absolute atomic E-state index is 12.5. The molecule has 1 aromatic heterocycles. The van der Waals surface area contributed by atoms with Crippen LogP contribution >= 0.6 is 23.2 Å². The van der Waals surface area contributed by atoms with Crippen LogP contribution in [0.2, 0.25) is 10.0 Å². The Hall–Kier alpha value is -2.06.